The number of piperazine rings is 1. The highest BCUT2D eigenvalue weighted by Crippen LogP contribution is 2.27. The fourth-order valence-electron chi connectivity index (χ4n) is 3.48. The van der Waals surface area contributed by atoms with E-state index < -0.39 is 5.92 Å². The topological polar surface area (TPSA) is 38.8 Å². The van der Waals surface area contributed by atoms with E-state index in [4.69, 9.17) is 0 Å². The van der Waals surface area contributed by atoms with Crippen LogP contribution in [0.3, 0.4) is 0 Å². The molecule has 5 nitrogen and oxygen atoms in total. The Morgan fingerprint density at radius 3 is 2.23 bits per heavy atom. The van der Waals surface area contributed by atoms with Gasteiger partial charge in [-0.15, -0.1) is 0 Å². The monoisotopic (exact) mass is 366 g/mol. The van der Waals surface area contributed by atoms with E-state index >= 15 is 0 Å². The van der Waals surface area contributed by atoms with Crippen LogP contribution in [-0.4, -0.2) is 79.0 Å². The summed E-state index contributed by atoms with van der Waals surface area (Å²) in [4.78, 5) is 18.3. The normalized spacial score (nSPS) is 21.5. The van der Waals surface area contributed by atoms with Gasteiger partial charge >= 0.3 is 6.03 Å². The second kappa shape index (κ2) is 8.77. The maximum absolute atomic E-state index is 13.1. The van der Waals surface area contributed by atoms with Gasteiger partial charge in [0.25, 0.3) is 5.92 Å². The Bertz CT molecular complexity index is 566. The molecule has 2 aliphatic rings. The Morgan fingerprint density at radius 1 is 0.962 bits per heavy atom. The van der Waals surface area contributed by atoms with E-state index in [0.717, 1.165) is 39.3 Å². The van der Waals surface area contributed by atoms with Crippen molar-refractivity contribution in [3.63, 3.8) is 0 Å². The van der Waals surface area contributed by atoms with Gasteiger partial charge in [0.2, 0.25) is 0 Å². The van der Waals surface area contributed by atoms with Gasteiger partial charge in [0.05, 0.1) is 0 Å². The average Bonchev–Trinajstić information content (AvgIpc) is 2.64. The Hall–Kier alpha value is -1.73. The molecule has 3 rings (SSSR count). The van der Waals surface area contributed by atoms with Crippen molar-refractivity contribution in [3.05, 3.63) is 35.9 Å². The second-order valence-electron chi connectivity index (χ2n) is 7.18. The third kappa shape index (κ3) is 5.64. The maximum Gasteiger partial charge on any atom is 0.317 e. The number of nitrogens with one attached hydrogen (secondary N) is 1. The molecule has 0 radical (unpaired) electrons. The SMILES string of the molecule is O=C(NCCN1CCN(Cc2ccccc2)CC1)N1CCC(F)(F)CC1. The molecule has 1 aromatic rings. The van der Waals surface area contributed by atoms with Crippen molar-refractivity contribution < 1.29 is 13.6 Å². The van der Waals surface area contributed by atoms with Gasteiger partial charge in [0.15, 0.2) is 0 Å². The molecule has 0 unspecified atom stereocenters. The maximum atomic E-state index is 13.1. The number of nitrogens with zero attached hydrogens (tertiary/aromatic N) is 3. The van der Waals surface area contributed by atoms with E-state index in [0.29, 0.717) is 6.54 Å². The molecule has 26 heavy (non-hydrogen) atoms. The van der Waals surface area contributed by atoms with Gasteiger partial charge in [-0.2, -0.15) is 0 Å². The van der Waals surface area contributed by atoms with Crippen LogP contribution < -0.4 is 5.32 Å². The molecule has 1 N–H and O–H groups in total. The molecule has 0 spiro atoms. The average molecular weight is 366 g/mol. The number of benzene rings is 1. The van der Waals surface area contributed by atoms with E-state index in [1.165, 1.54) is 10.5 Å². The molecular weight excluding hydrogens is 338 g/mol. The highest BCUT2D eigenvalue weighted by atomic mass is 19.3. The lowest BCUT2D eigenvalue weighted by molar-refractivity contribution is -0.0469. The number of likely N-dealkylation sites (tertiary alicyclic amines) is 1. The number of urea groups is 1. The number of hydrogen-bond acceptors (Lipinski definition) is 3. The van der Waals surface area contributed by atoms with Crippen molar-refractivity contribution in [2.45, 2.75) is 25.3 Å². The lowest BCUT2D eigenvalue weighted by Gasteiger charge is -2.35. The highest BCUT2D eigenvalue weighted by Gasteiger charge is 2.35. The zero-order chi connectivity index (χ0) is 18.4. The fourth-order valence-corrected chi connectivity index (χ4v) is 3.48. The van der Waals surface area contributed by atoms with Crippen molar-refractivity contribution in [2.24, 2.45) is 0 Å². The summed E-state index contributed by atoms with van der Waals surface area (Å²) < 4.78 is 26.3. The van der Waals surface area contributed by atoms with Crippen LogP contribution in [0.2, 0.25) is 0 Å². The van der Waals surface area contributed by atoms with Gasteiger partial charge in [0, 0.05) is 71.7 Å². The van der Waals surface area contributed by atoms with Crippen molar-refractivity contribution in [3.8, 4) is 0 Å². The van der Waals surface area contributed by atoms with Crippen molar-refractivity contribution >= 4 is 6.03 Å². The first-order valence-corrected chi connectivity index (χ1v) is 9.41. The molecule has 0 saturated carbocycles. The molecule has 2 fully saturated rings. The minimum Gasteiger partial charge on any atom is -0.337 e. The summed E-state index contributed by atoms with van der Waals surface area (Å²) in [5, 5.41) is 2.86. The van der Waals surface area contributed by atoms with Crippen LogP contribution in [-0.2, 0) is 6.54 Å². The number of amides is 2. The van der Waals surface area contributed by atoms with Crippen LogP contribution in [0.15, 0.2) is 30.3 Å². The summed E-state index contributed by atoms with van der Waals surface area (Å²) in [6.07, 6.45) is -0.465. The van der Waals surface area contributed by atoms with Crippen molar-refractivity contribution in [1.29, 1.82) is 0 Å². The van der Waals surface area contributed by atoms with Gasteiger partial charge in [-0.1, -0.05) is 30.3 Å². The number of rotatable bonds is 5. The summed E-state index contributed by atoms with van der Waals surface area (Å²) in [5.74, 6) is -2.61. The Labute approximate surface area is 153 Å². The van der Waals surface area contributed by atoms with Crippen molar-refractivity contribution in [1.82, 2.24) is 20.0 Å². The van der Waals surface area contributed by atoms with Crippen LogP contribution in [0.4, 0.5) is 13.6 Å². The van der Waals surface area contributed by atoms with Crippen LogP contribution in [0.1, 0.15) is 18.4 Å². The summed E-state index contributed by atoms with van der Waals surface area (Å²) in [6.45, 7) is 6.61. The van der Waals surface area contributed by atoms with Crippen molar-refractivity contribution in [2.75, 3.05) is 52.4 Å². The Morgan fingerprint density at radius 2 is 1.58 bits per heavy atom. The summed E-state index contributed by atoms with van der Waals surface area (Å²) in [7, 11) is 0. The van der Waals surface area contributed by atoms with E-state index in [9.17, 15) is 13.6 Å². The van der Waals surface area contributed by atoms with Crippen LogP contribution in [0.25, 0.3) is 0 Å². The van der Waals surface area contributed by atoms with Gasteiger partial charge in [-0.3, -0.25) is 9.80 Å². The van der Waals surface area contributed by atoms with Gasteiger partial charge in [-0.05, 0) is 5.56 Å². The number of halogens is 2. The quantitative estimate of drug-likeness (QED) is 0.869. The number of alkyl halides is 2. The number of carbonyl (C=O) groups is 1. The first-order chi connectivity index (χ1) is 12.5. The predicted octanol–water partition coefficient (Wildman–Crippen LogP) is 2.24. The highest BCUT2D eigenvalue weighted by molar-refractivity contribution is 5.74. The molecular formula is C19H28F2N4O. The summed E-state index contributed by atoms with van der Waals surface area (Å²) >= 11 is 0. The molecule has 2 saturated heterocycles. The van der Waals surface area contributed by atoms with Crippen LogP contribution >= 0.6 is 0 Å². The Balaban J connectivity index is 1.30. The summed E-state index contributed by atoms with van der Waals surface area (Å²) in [6, 6.07) is 10.3. The minimum absolute atomic E-state index is 0.136. The molecule has 2 heterocycles. The largest absolute Gasteiger partial charge is 0.337 e. The third-order valence-corrected chi connectivity index (χ3v) is 5.20. The first kappa shape index (κ1) is 19.0. The van der Waals surface area contributed by atoms with E-state index in [-0.39, 0.29) is 32.0 Å². The molecule has 2 amide bonds. The zero-order valence-electron chi connectivity index (χ0n) is 15.2. The summed E-state index contributed by atoms with van der Waals surface area (Å²) in [5.41, 5.74) is 1.33. The van der Waals surface area contributed by atoms with Crippen LogP contribution in [0, 0.1) is 0 Å². The lowest BCUT2D eigenvalue weighted by Crippen LogP contribution is -2.50. The third-order valence-electron chi connectivity index (χ3n) is 5.20. The molecule has 144 valence electrons. The Kier molecular flexibility index (Phi) is 6.43. The molecule has 1 aromatic carbocycles. The minimum atomic E-state index is -2.61. The molecule has 7 heteroatoms. The molecule has 0 atom stereocenters. The fraction of sp³-hybridized carbons (Fsp3) is 0.632. The first-order valence-electron chi connectivity index (χ1n) is 9.41. The van der Waals surface area contributed by atoms with Gasteiger partial charge in [-0.25, -0.2) is 13.6 Å². The van der Waals surface area contributed by atoms with Gasteiger partial charge in [0.1, 0.15) is 0 Å². The lowest BCUT2D eigenvalue weighted by atomic mass is 10.1. The number of hydrogen-bond donors (Lipinski definition) is 1. The zero-order valence-corrected chi connectivity index (χ0v) is 15.2. The molecule has 0 aliphatic carbocycles. The molecule has 0 bridgehead atoms. The number of carbonyl (C=O) groups excluding carboxylic acids is 1. The number of piperidine rings is 1. The van der Waals surface area contributed by atoms with Crippen LogP contribution in [0.5, 0.6) is 0 Å². The predicted molar refractivity (Wildman–Crippen MR) is 97.3 cm³/mol. The molecule has 2 aliphatic heterocycles. The van der Waals surface area contributed by atoms with Gasteiger partial charge < -0.3 is 10.2 Å². The van der Waals surface area contributed by atoms with E-state index in [2.05, 4.69) is 39.4 Å². The van der Waals surface area contributed by atoms with E-state index in [1.807, 2.05) is 6.07 Å². The molecule has 0 aromatic heterocycles. The van der Waals surface area contributed by atoms with E-state index in [1.54, 1.807) is 0 Å². The second-order valence-corrected chi connectivity index (χ2v) is 7.18. The standard InChI is InChI=1S/C19H28F2N4O/c20-19(21)6-9-25(10-7-19)18(26)22-8-11-23-12-14-24(15-13-23)16-17-4-2-1-3-5-17/h1-5H,6-16H2,(H,22,26). The smallest absolute Gasteiger partial charge is 0.317 e.